The Kier molecular flexibility index (Phi) is 5.46. The molecule has 1 aliphatic heterocycles. The number of aromatic nitrogens is 1. The van der Waals surface area contributed by atoms with Crippen molar-refractivity contribution < 1.29 is 14.1 Å². The molecule has 2 aromatic rings. The standard InChI is InChI=1S/C19H25N3O3S/c1-11(2)8-15-18(23)20-14(12(3)4)10-22(15)19(24)13-9-16(25-21-13)17-6-5-7-26-17/h5-7,9,11-12,14-15H,8,10H2,1-4H3,(H,20,23). The van der Waals surface area contributed by atoms with Crippen molar-refractivity contribution in [1.29, 1.82) is 0 Å². The second kappa shape index (κ2) is 7.61. The lowest BCUT2D eigenvalue weighted by Gasteiger charge is -2.41. The first kappa shape index (κ1) is 18.6. The van der Waals surface area contributed by atoms with E-state index in [1.807, 2.05) is 31.4 Å². The predicted molar refractivity (Wildman–Crippen MR) is 101 cm³/mol. The van der Waals surface area contributed by atoms with E-state index in [0.717, 1.165) is 4.88 Å². The highest BCUT2D eigenvalue weighted by Gasteiger charge is 2.39. The Bertz CT molecular complexity index is 767. The van der Waals surface area contributed by atoms with E-state index in [2.05, 4.69) is 24.3 Å². The van der Waals surface area contributed by atoms with E-state index in [1.165, 1.54) is 11.3 Å². The molecule has 0 radical (unpaired) electrons. The zero-order valence-corrected chi connectivity index (χ0v) is 16.4. The maximum atomic E-state index is 13.1. The van der Waals surface area contributed by atoms with Gasteiger partial charge in [-0.05, 0) is 29.7 Å². The molecule has 0 saturated carbocycles. The number of rotatable bonds is 5. The number of carbonyl (C=O) groups excluding carboxylic acids is 2. The van der Waals surface area contributed by atoms with Crippen molar-refractivity contribution >= 4 is 23.2 Å². The van der Waals surface area contributed by atoms with Gasteiger partial charge in [0.15, 0.2) is 11.5 Å². The van der Waals surface area contributed by atoms with E-state index in [-0.39, 0.29) is 29.5 Å². The predicted octanol–water partition coefficient (Wildman–Crippen LogP) is 3.41. The summed E-state index contributed by atoms with van der Waals surface area (Å²) in [5.41, 5.74) is 0.249. The van der Waals surface area contributed by atoms with Gasteiger partial charge in [-0.15, -0.1) is 11.3 Å². The minimum atomic E-state index is -0.473. The van der Waals surface area contributed by atoms with Crippen molar-refractivity contribution in [3.8, 4) is 10.6 Å². The highest BCUT2D eigenvalue weighted by atomic mass is 32.1. The Morgan fingerprint density at radius 1 is 1.42 bits per heavy atom. The molecule has 1 aliphatic rings. The molecule has 3 heterocycles. The van der Waals surface area contributed by atoms with E-state index in [4.69, 9.17) is 4.52 Å². The summed E-state index contributed by atoms with van der Waals surface area (Å²) in [5.74, 6) is 0.788. The summed E-state index contributed by atoms with van der Waals surface area (Å²) in [5, 5.41) is 8.97. The van der Waals surface area contributed by atoms with E-state index in [9.17, 15) is 9.59 Å². The lowest BCUT2D eigenvalue weighted by atomic mass is 9.94. The average Bonchev–Trinajstić information content (AvgIpc) is 3.26. The molecule has 1 saturated heterocycles. The summed E-state index contributed by atoms with van der Waals surface area (Å²) in [4.78, 5) is 28.3. The highest BCUT2D eigenvalue weighted by Crippen LogP contribution is 2.27. The number of hydrogen-bond acceptors (Lipinski definition) is 5. The first-order chi connectivity index (χ1) is 12.4. The van der Waals surface area contributed by atoms with Crippen LogP contribution in [0.2, 0.25) is 0 Å². The summed E-state index contributed by atoms with van der Waals surface area (Å²) in [6.45, 7) is 8.68. The largest absolute Gasteiger partial charge is 0.355 e. The van der Waals surface area contributed by atoms with Crippen LogP contribution in [0.3, 0.4) is 0 Å². The van der Waals surface area contributed by atoms with Crippen LogP contribution in [0.25, 0.3) is 10.6 Å². The lowest BCUT2D eigenvalue weighted by Crippen LogP contribution is -2.63. The molecule has 0 bridgehead atoms. The van der Waals surface area contributed by atoms with E-state index < -0.39 is 6.04 Å². The van der Waals surface area contributed by atoms with Gasteiger partial charge in [0.1, 0.15) is 6.04 Å². The molecule has 3 rings (SSSR count). The zero-order chi connectivity index (χ0) is 18.8. The molecule has 140 valence electrons. The smallest absolute Gasteiger partial charge is 0.276 e. The minimum absolute atomic E-state index is 0.0569. The van der Waals surface area contributed by atoms with E-state index in [0.29, 0.717) is 24.6 Å². The molecule has 2 atom stereocenters. The molecular formula is C19H25N3O3S. The van der Waals surface area contributed by atoms with Gasteiger partial charge in [0.2, 0.25) is 5.91 Å². The summed E-state index contributed by atoms with van der Waals surface area (Å²) in [6.07, 6.45) is 0.623. The fourth-order valence-corrected chi connectivity index (χ4v) is 3.82. The molecule has 2 aromatic heterocycles. The second-order valence-corrected chi connectivity index (χ2v) is 8.46. The molecule has 26 heavy (non-hydrogen) atoms. The number of nitrogens with one attached hydrogen (secondary N) is 1. The van der Waals surface area contributed by atoms with Gasteiger partial charge in [-0.1, -0.05) is 38.9 Å². The normalized spacial score (nSPS) is 20.7. The quantitative estimate of drug-likeness (QED) is 0.869. The molecule has 2 unspecified atom stereocenters. The van der Waals surface area contributed by atoms with Gasteiger partial charge >= 0.3 is 0 Å². The van der Waals surface area contributed by atoms with Crippen LogP contribution in [-0.4, -0.2) is 40.5 Å². The van der Waals surface area contributed by atoms with Gasteiger partial charge < -0.3 is 14.7 Å². The maximum absolute atomic E-state index is 13.1. The Hall–Kier alpha value is -2.15. The fourth-order valence-electron chi connectivity index (χ4n) is 3.15. The van der Waals surface area contributed by atoms with Crippen LogP contribution in [0, 0.1) is 11.8 Å². The van der Waals surface area contributed by atoms with Gasteiger partial charge in [0.25, 0.3) is 5.91 Å². The highest BCUT2D eigenvalue weighted by molar-refractivity contribution is 7.13. The third-order valence-corrected chi connectivity index (χ3v) is 5.54. The number of carbonyl (C=O) groups is 2. The summed E-state index contributed by atoms with van der Waals surface area (Å²) < 4.78 is 5.35. The Balaban J connectivity index is 1.86. The molecule has 0 aliphatic carbocycles. The lowest BCUT2D eigenvalue weighted by molar-refractivity contribution is -0.130. The monoisotopic (exact) mass is 375 g/mol. The Labute approximate surface area is 157 Å². The van der Waals surface area contributed by atoms with E-state index in [1.54, 1.807) is 11.0 Å². The van der Waals surface area contributed by atoms with Crippen LogP contribution < -0.4 is 5.32 Å². The molecule has 6 nitrogen and oxygen atoms in total. The minimum Gasteiger partial charge on any atom is -0.355 e. The fraction of sp³-hybridized carbons (Fsp3) is 0.526. The van der Waals surface area contributed by atoms with Crippen molar-refractivity contribution in [1.82, 2.24) is 15.4 Å². The summed E-state index contributed by atoms with van der Waals surface area (Å²) in [6, 6.07) is 4.98. The third kappa shape index (κ3) is 3.82. The zero-order valence-electron chi connectivity index (χ0n) is 15.6. The van der Waals surface area contributed by atoms with E-state index >= 15 is 0 Å². The van der Waals surface area contributed by atoms with Crippen molar-refractivity contribution in [3.63, 3.8) is 0 Å². The first-order valence-corrected chi connectivity index (χ1v) is 9.86. The van der Waals surface area contributed by atoms with Crippen LogP contribution in [0.4, 0.5) is 0 Å². The molecular weight excluding hydrogens is 350 g/mol. The van der Waals surface area contributed by atoms with Crippen LogP contribution >= 0.6 is 11.3 Å². The molecule has 1 N–H and O–H groups in total. The molecule has 2 amide bonds. The van der Waals surface area contributed by atoms with Crippen LogP contribution in [-0.2, 0) is 4.79 Å². The number of hydrogen-bond donors (Lipinski definition) is 1. The maximum Gasteiger partial charge on any atom is 0.276 e. The molecule has 7 heteroatoms. The van der Waals surface area contributed by atoms with Crippen molar-refractivity contribution in [3.05, 3.63) is 29.3 Å². The Morgan fingerprint density at radius 3 is 2.81 bits per heavy atom. The average molecular weight is 375 g/mol. The first-order valence-electron chi connectivity index (χ1n) is 8.98. The number of amides is 2. The Morgan fingerprint density at radius 2 is 2.19 bits per heavy atom. The van der Waals surface area contributed by atoms with Crippen LogP contribution in [0.15, 0.2) is 28.1 Å². The number of thiophene rings is 1. The summed E-state index contributed by atoms with van der Waals surface area (Å²) >= 11 is 1.53. The van der Waals surface area contributed by atoms with Crippen LogP contribution in [0.5, 0.6) is 0 Å². The molecule has 1 fully saturated rings. The second-order valence-electron chi connectivity index (χ2n) is 7.52. The van der Waals surface area contributed by atoms with Gasteiger partial charge in [0, 0.05) is 18.7 Å². The summed E-state index contributed by atoms with van der Waals surface area (Å²) in [7, 11) is 0. The SMILES string of the molecule is CC(C)CC1C(=O)NC(C(C)C)CN1C(=O)c1cc(-c2cccs2)on1. The number of nitrogens with zero attached hydrogens (tertiary/aromatic N) is 2. The topological polar surface area (TPSA) is 75.4 Å². The third-order valence-electron chi connectivity index (χ3n) is 4.65. The van der Waals surface area contributed by atoms with Gasteiger partial charge in [0.05, 0.1) is 4.88 Å². The molecule has 0 aromatic carbocycles. The van der Waals surface area contributed by atoms with Gasteiger partial charge in [-0.25, -0.2) is 0 Å². The van der Waals surface area contributed by atoms with Crippen LogP contribution in [0.1, 0.15) is 44.6 Å². The van der Waals surface area contributed by atoms with Crippen molar-refractivity contribution in [2.24, 2.45) is 11.8 Å². The van der Waals surface area contributed by atoms with Gasteiger partial charge in [-0.3, -0.25) is 9.59 Å². The van der Waals surface area contributed by atoms with Crippen molar-refractivity contribution in [2.45, 2.75) is 46.2 Å². The van der Waals surface area contributed by atoms with Crippen molar-refractivity contribution in [2.75, 3.05) is 6.54 Å². The molecule has 0 spiro atoms. The van der Waals surface area contributed by atoms with Gasteiger partial charge in [-0.2, -0.15) is 0 Å². The number of piperazine rings is 1.